The first-order valence-electron chi connectivity index (χ1n) is 2.48. The molecule has 10 heavy (non-hydrogen) atoms. The van der Waals surface area contributed by atoms with Gasteiger partial charge in [0, 0.05) is 0 Å². The van der Waals surface area contributed by atoms with E-state index >= 15 is 0 Å². The third kappa shape index (κ3) is 1.25. The van der Waals surface area contributed by atoms with Crippen molar-refractivity contribution in [3.63, 3.8) is 0 Å². The number of nitrogens with zero attached hydrogens (tertiary/aromatic N) is 2. The van der Waals surface area contributed by atoms with Crippen molar-refractivity contribution in [3.8, 4) is 11.8 Å². The number of hydrogen-bond donors (Lipinski definition) is 1. The van der Waals surface area contributed by atoms with Crippen LogP contribution in [0.2, 0.25) is 0 Å². The zero-order valence-corrected chi connectivity index (χ0v) is 6.46. The monoisotopic (exact) mass is 198 g/mol. The Kier molecular flexibility index (Phi) is 1.88. The van der Waals surface area contributed by atoms with E-state index in [2.05, 4.69) is 20.9 Å². The third-order valence-electron chi connectivity index (χ3n) is 0.949. The lowest BCUT2D eigenvalue weighted by Crippen LogP contribution is -1.80. The fourth-order valence-electron chi connectivity index (χ4n) is 0.485. The molecule has 0 saturated carbocycles. The topological polar surface area (TPSA) is 56.9 Å². The third-order valence-corrected chi connectivity index (χ3v) is 1.58. The lowest BCUT2D eigenvalue weighted by Gasteiger charge is -1.93. The number of halogens is 1. The van der Waals surface area contributed by atoms with Crippen LogP contribution in [0.15, 0.2) is 16.7 Å². The summed E-state index contributed by atoms with van der Waals surface area (Å²) in [6.07, 6.45) is 1.22. The van der Waals surface area contributed by atoms with Gasteiger partial charge in [-0.05, 0) is 22.0 Å². The number of pyridine rings is 1. The van der Waals surface area contributed by atoms with Crippen molar-refractivity contribution < 1.29 is 5.11 Å². The van der Waals surface area contributed by atoms with Crippen LogP contribution in [0.25, 0.3) is 0 Å². The highest BCUT2D eigenvalue weighted by Gasteiger charge is 1.98. The lowest BCUT2D eigenvalue weighted by atomic mass is 10.4. The summed E-state index contributed by atoms with van der Waals surface area (Å²) in [5.74, 6) is 0.0407. The molecular formula is C6H3BrN2O. The quantitative estimate of drug-likeness (QED) is 0.687. The molecule has 0 aromatic carbocycles. The Bertz CT molecular complexity index is 292. The Morgan fingerprint density at radius 3 is 2.90 bits per heavy atom. The molecule has 0 atom stereocenters. The van der Waals surface area contributed by atoms with Gasteiger partial charge < -0.3 is 5.11 Å². The zero-order valence-electron chi connectivity index (χ0n) is 4.87. The second kappa shape index (κ2) is 2.67. The molecule has 0 aliphatic rings. The summed E-state index contributed by atoms with van der Waals surface area (Å²) in [7, 11) is 0. The molecule has 1 N–H and O–H groups in total. The van der Waals surface area contributed by atoms with Crippen molar-refractivity contribution >= 4 is 15.9 Å². The fraction of sp³-hybridized carbons (Fsp3) is 0. The largest absolute Gasteiger partial charge is 0.505 e. The number of hydrogen-bond acceptors (Lipinski definition) is 3. The predicted molar refractivity (Wildman–Crippen MR) is 38.3 cm³/mol. The van der Waals surface area contributed by atoms with E-state index in [4.69, 9.17) is 10.4 Å². The summed E-state index contributed by atoms with van der Waals surface area (Å²) in [6.45, 7) is 0. The summed E-state index contributed by atoms with van der Waals surface area (Å²) < 4.78 is 0.485. The predicted octanol–water partition coefficient (Wildman–Crippen LogP) is 1.42. The molecule has 0 saturated heterocycles. The molecule has 0 aliphatic heterocycles. The maximum atomic E-state index is 8.92. The van der Waals surface area contributed by atoms with Crippen LogP contribution >= 0.6 is 15.9 Å². The van der Waals surface area contributed by atoms with Gasteiger partial charge in [-0.2, -0.15) is 5.26 Å². The normalized spacial score (nSPS) is 8.80. The number of aromatic hydroxyl groups is 1. The van der Waals surface area contributed by atoms with Crippen LogP contribution in [0.3, 0.4) is 0 Å². The first-order valence-corrected chi connectivity index (χ1v) is 3.28. The Balaban J connectivity index is 3.20. The fourth-order valence-corrected chi connectivity index (χ4v) is 0.804. The van der Waals surface area contributed by atoms with E-state index in [9.17, 15) is 0 Å². The van der Waals surface area contributed by atoms with Crippen LogP contribution in [-0.2, 0) is 0 Å². The van der Waals surface area contributed by atoms with Crippen LogP contribution in [-0.4, -0.2) is 10.1 Å². The molecule has 4 heteroatoms. The van der Waals surface area contributed by atoms with Crippen LogP contribution < -0.4 is 0 Å². The van der Waals surface area contributed by atoms with Crippen molar-refractivity contribution in [3.05, 3.63) is 22.4 Å². The van der Waals surface area contributed by atoms with Crippen LogP contribution in [0, 0.1) is 11.3 Å². The Labute approximate surface area is 66.1 Å². The molecule has 50 valence electrons. The van der Waals surface area contributed by atoms with E-state index in [1.54, 1.807) is 0 Å². The molecule has 0 radical (unpaired) electrons. The average Bonchev–Trinajstić information content (AvgIpc) is 1.95. The van der Waals surface area contributed by atoms with E-state index in [0.717, 1.165) is 0 Å². The average molecular weight is 199 g/mol. The van der Waals surface area contributed by atoms with Gasteiger partial charge in [0.1, 0.15) is 17.5 Å². The van der Waals surface area contributed by atoms with Gasteiger partial charge in [0.15, 0.2) is 0 Å². The SMILES string of the molecule is N#Cc1cc(Br)c(O)cn1. The van der Waals surface area contributed by atoms with E-state index in [1.165, 1.54) is 12.3 Å². The minimum absolute atomic E-state index is 0.0407. The van der Waals surface area contributed by atoms with Crippen molar-refractivity contribution in [2.75, 3.05) is 0 Å². The summed E-state index contributed by atoms with van der Waals surface area (Å²) in [5.41, 5.74) is 0.282. The Hall–Kier alpha value is -1.08. The first-order chi connectivity index (χ1) is 4.74. The smallest absolute Gasteiger partial charge is 0.148 e. The van der Waals surface area contributed by atoms with Gasteiger partial charge in [-0.1, -0.05) is 0 Å². The van der Waals surface area contributed by atoms with Gasteiger partial charge in [-0.3, -0.25) is 0 Å². The molecule has 1 rings (SSSR count). The summed E-state index contributed by atoms with van der Waals surface area (Å²) >= 11 is 3.05. The number of rotatable bonds is 0. The highest BCUT2D eigenvalue weighted by molar-refractivity contribution is 9.10. The molecule has 0 aliphatic carbocycles. The Morgan fingerprint density at radius 2 is 2.40 bits per heavy atom. The molecule has 0 amide bonds. The van der Waals surface area contributed by atoms with Gasteiger partial charge in [0.05, 0.1) is 10.7 Å². The minimum atomic E-state index is 0.0407. The minimum Gasteiger partial charge on any atom is -0.505 e. The maximum Gasteiger partial charge on any atom is 0.148 e. The van der Waals surface area contributed by atoms with E-state index < -0.39 is 0 Å². The van der Waals surface area contributed by atoms with Gasteiger partial charge in [0.25, 0.3) is 0 Å². The summed E-state index contributed by atoms with van der Waals surface area (Å²) in [6, 6.07) is 3.30. The Morgan fingerprint density at radius 1 is 1.70 bits per heavy atom. The molecule has 3 nitrogen and oxygen atoms in total. The highest BCUT2D eigenvalue weighted by Crippen LogP contribution is 2.21. The van der Waals surface area contributed by atoms with Crippen LogP contribution in [0.5, 0.6) is 5.75 Å². The van der Waals surface area contributed by atoms with Crippen LogP contribution in [0.4, 0.5) is 0 Å². The molecular weight excluding hydrogens is 196 g/mol. The molecule has 0 bridgehead atoms. The van der Waals surface area contributed by atoms with Crippen molar-refractivity contribution in [2.24, 2.45) is 0 Å². The summed E-state index contributed by atoms with van der Waals surface area (Å²) in [4.78, 5) is 3.62. The van der Waals surface area contributed by atoms with Gasteiger partial charge >= 0.3 is 0 Å². The van der Waals surface area contributed by atoms with Gasteiger partial charge in [-0.25, -0.2) is 4.98 Å². The summed E-state index contributed by atoms with van der Waals surface area (Å²) in [5, 5.41) is 17.3. The van der Waals surface area contributed by atoms with Crippen molar-refractivity contribution in [2.45, 2.75) is 0 Å². The first kappa shape index (κ1) is 7.03. The van der Waals surface area contributed by atoms with Gasteiger partial charge in [0.2, 0.25) is 0 Å². The molecule has 1 aromatic rings. The molecule has 1 aromatic heterocycles. The number of nitriles is 1. The second-order valence-corrected chi connectivity index (χ2v) is 2.49. The van der Waals surface area contributed by atoms with Crippen molar-refractivity contribution in [1.82, 2.24) is 4.98 Å². The molecule has 1 heterocycles. The second-order valence-electron chi connectivity index (χ2n) is 1.63. The van der Waals surface area contributed by atoms with E-state index in [-0.39, 0.29) is 11.4 Å². The van der Waals surface area contributed by atoms with E-state index in [0.29, 0.717) is 4.47 Å². The van der Waals surface area contributed by atoms with Crippen LogP contribution in [0.1, 0.15) is 5.69 Å². The maximum absolute atomic E-state index is 8.92. The standard InChI is InChI=1S/C6H3BrN2O/c7-5-1-4(2-8)9-3-6(5)10/h1,3,10H. The lowest BCUT2D eigenvalue weighted by molar-refractivity contribution is 0.469. The molecule has 0 fully saturated rings. The highest BCUT2D eigenvalue weighted by atomic mass is 79.9. The number of aromatic nitrogens is 1. The molecule has 0 spiro atoms. The van der Waals surface area contributed by atoms with E-state index in [1.807, 2.05) is 6.07 Å². The van der Waals surface area contributed by atoms with Gasteiger partial charge in [-0.15, -0.1) is 0 Å². The van der Waals surface area contributed by atoms with Crippen molar-refractivity contribution in [1.29, 1.82) is 5.26 Å². The molecule has 0 unspecified atom stereocenters. The zero-order chi connectivity index (χ0) is 7.56.